The Hall–Kier alpha value is -3.49. The molecule has 4 N–H and O–H groups in total. The molecule has 0 radical (unpaired) electrons. The molecule has 0 aliphatic carbocycles. The second kappa shape index (κ2) is 13.2. The Bertz CT molecular complexity index is 1510. The number of hydrogen-bond donors (Lipinski definition) is 4. The number of phenols is 3. The summed E-state index contributed by atoms with van der Waals surface area (Å²) in [5.74, 6) is -0.296. The SMILES string of the molecule is CCCCNCc1c(O)c(CC=C(C)C)c(O)c2c(=O)c3c(CC=C(C)C)c(OC)c(O)c(CN(C)C)c3oc12. The van der Waals surface area contributed by atoms with Crippen LogP contribution in [0.5, 0.6) is 23.0 Å². The van der Waals surface area contributed by atoms with Crippen molar-refractivity contribution in [1.82, 2.24) is 10.2 Å². The fourth-order valence-corrected chi connectivity index (χ4v) is 4.87. The van der Waals surface area contributed by atoms with Crippen LogP contribution in [0.1, 0.15) is 69.7 Å². The van der Waals surface area contributed by atoms with Gasteiger partial charge in [0.25, 0.3) is 0 Å². The van der Waals surface area contributed by atoms with Gasteiger partial charge in [0.1, 0.15) is 22.5 Å². The first-order chi connectivity index (χ1) is 18.9. The van der Waals surface area contributed by atoms with Gasteiger partial charge in [-0.3, -0.25) is 4.79 Å². The number of methoxy groups -OCH3 is 1. The molecule has 3 rings (SSSR count). The van der Waals surface area contributed by atoms with E-state index in [-0.39, 0.29) is 70.0 Å². The van der Waals surface area contributed by atoms with Gasteiger partial charge >= 0.3 is 0 Å². The quantitative estimate of drug-likeness (QED) is 0.122. The molecule has 40 heavy (non-hydrogen) atoms. The first-order valence-electron chi connectivity index (χ1n) is 13.8. The summed E-state index contributed by atoms with van der Waals surface area (Å²) >= 11 is 0. The Balaban J connectivity index is 2.58. The molecular weight excluding hydrogens is 508 g/mol. The van der Waals surface area contributed by atoms with E-state index in [1.54, 1.807) is 0 Å². The van der Waals surface area contributed by atoms with Crippen LogP contribution in [0, 0.1) is 0 Å². The Morgan fingerprint density at radius 2 is 1.48 bits per heavy atom. The molecule has 2 aromatic carbocycles. The van der Waals surface area contributed by atoms with Crippen molar-refractivity contribution in [2.75, 3.05) is 27.7 Å². The monoisotopic (exact) mass is 552 g/mol. The summed E-state index contributed by atoms with van der Waals surface area (Å²) in [6, 6.07) is 0. The minimum atomic E-state index is -0.433. The van der Waals surface area contributed by atoms with Gasteiger partial charge in [0.2, 0.25) is 5.43 Å². The van der Waals surface area contributed by atoms with Gasteiger partial charge in [-0.2, -0.15) is 0 Å². The van der Waals surface area contributed by atoms with E-state index in [9.17, 15) is 20.1 Å². The first-order valence-corrected chi connectivity index (χ1v) is 13.8. The molecule has 1 aromatic heterocycles. The largest absolute Gasteiger partial charge is 0.507 e. The Labute approximate surface area is 236 Å². The van der Waals surface area contributed by atoms with Crippen molar-refractivity contribution in [3.63, 3.8) is 0 Å². The lowest BCUT2D eigenvalue weighted by atomic mass is 9.94. The van der Waals surface area contributed by atoms with Crippen LogP contribution in [0.25, 0.3) is 21.9 Å². The van der Waals surface area contributed by atoms with Crippen LogP contribution < -0.4 is 15.5 Å². The number of aromatic hydroxyl groups is 3. The van der Waals surface area contributed by atoms with Gasteiger partial charge < -0.3 is 34.7 Å². The Kier molecular flexibility index (Phi) is 10.3. The van der Waals surface area contributed by atoms with E-state index in [0.29, 0.717) is 23.1 Å². The molecule has 3 aromatic rings. The van der Waals surface area contributed by atoms with Crippen molar-refractivity contribution < 1.29 is 24.5 Å². The number of fused-ring (bicyclic) bond motifs is 2. The number of nitrogens with one attached hydrogen (secondary N) is 1. The van der Waals surface area contributed by atoms with Gasteiger partial charge in [0.15, 0.2) is 17.1 Å². The number of hydrogen-bond acceptors (Lipinski definition) is 8. The van der Waals surface area contributed by atoms with Crippen LogP contribution in [0.2, 0.25) is 0 Å². The maximum Gasteiger partial charge on any atom is 0.204 e. The minimum Gasteiger partial charge on any atom is -0.507 e. The van der Waals surface area contributed by atoms with Crippen molar-refractivity contribution in [3.05, 3.63) is 55.8 Å². The van der Waals surface area contributed by atoms with Crippen molar-refractivity contribution in [1.29, 1.82) is 0 Å². The second-order valence-electron chi connectivity index (χ2n) is 11.1. The van der Waals surface area contributed by atoms with Crippen LogP contribution in [0.15, 0.2) is 32.5 Å². The molecule has 0 aliphatic heterocycles. The average molecular weight is 553 g/mol. The number of rotatable bonds is 12. The summed E-state index contributed by atoms with van der Waals surface area (Å²) in [7, 11) is 5.16. The van der Waals surface area contributed by atoms with Crippen LogP contribution in [0.4, 0.5) is 0 Å². The molecule has 0 atom stereocenters. The number of nitrogens with zero attached hydrogens (tertiary/aromatic N) is 1. The summed E-state index contributed by atoms with van der Waals surface area (Å²) in [4.78, 5) is 16.3. The van der Waals surface area contributed by atoms with Crippen molar-refractivity contribution in [2.24, 2.45) is 0 Å². The van der Waals surface area contributed by atoms with E-state index in [4.69, 9.17) is 9.15 Å². The molecule has 0 fully saturated rings. The summed E-state index contributed by atoms with van der Waals surface area (Å²) < 4.78 is 12.1. The topological polar surface area (TPSA) is 115 Å². The van der Waals surface area contributed by atoms with Crippen LogP contribution in [-0.2, 0) is 25.9 Å². The zero-order valence-electron chi connectivity index (χ0n) is 25.1. The zero-order chi connectivity index (χ0) is 29.7. The van der Waals surface area contributed by atoms with E-state index in [1.807, 2.05) is 58.8 Å². The fraction of sp³-hybridized carbons (Fsp3) is 0.469. The number of unbranched alkanes of at least 4 members (excludes halogenated alkanes) is 1. The number of benzene rings is 2. The van der Waals surface area contributed by atoms with E-state index < -0.39 is 5.43 Å². The van der Waals surface area contributed by atoms with Crippen LogP contribution in [-0.4, -0.2) is 48.0 Å². The van der Waals surface area contributed by atoms with Gasteiger partial charge in [-0.25, -0.2) is 0 Å². The maximum absolute atomic E-state index is 14.4. The molecule has 8 nitrogen and oxygen atoms in total. The predicted molar refractivity (Wildman–Crippen MR) is 162 cm³/mol. The number of ether oxygens (including phenoxy) is 1. The Morgan fingerprint density at radius 1 is 0.875 bits per heavy atom. The van der Waals surface area contributed by atoms with Gasteiger partial charge in [-0.15, -0.1) is 0 Å². The normalized spacial score (nSPS) is 11.4. The lowest BCUT2D eigenvalue weighted by Crippen LogP contribution is -2.17. The highest BCUT2D eigenvalue weighted by Gasteiger charge is 2.29. The smallest absolute Gasteiger partial charge is 0.204 e. The van der Waals surface area contributed by atoms with E-state index in [1.165, 1.54) is 7.11 Å². The predicted octanol–water partition coefficient (Wildman–Crippen LogP) is 6.04. The summed E-state index contributed by atoms with van der Waals surface area (Å²) in [6.45, 7) is 11.1. The second-order valence-corrected chi connectivity index (χ2v) is 11.1. The fourth-order valence-electron chi connectivity index (χ4n) is 4.87. The first kappa shape index (κ1) is 31.0. The van der Waals surface area contributed by atoms with Crippen molar-refractivity contribution in [3.8, 4) is 23.0 Å². The van der Waals surface area contributed by atoms with E-state index in [0.717, 1.165) is 30.5 Å². The van der Waals surface area contributed by atoms with Crippen molar-refractivity contribution in [2.45, 2.75) is 73.4 Å². The molecule has 0 bridgehead atoms. The molecule has 0 amide bonds. The van der Waals surface area contributed by atoms with Gasteiger partial charge in [-0.05, 0) is 67.6 Å². The third-order valence-electron chi connectivity index (χ3n) is 6.95. The lowest BCUT2D eigenvalue weighted by molar-refractivity contribution is 0.352. The highest BCUT2D eigenvalue weighted by Crippen LogP contribution is 2.45. The van der Waals surface area contributed by atoms with E-state index >= 15 is 0 Å². The molecule has 0 aliphatic rings. The van der Waals surface area contributed by atoms with Crippen molar-refractivity contribution >= 4 is 21.9 Å². The number of allylic oxidation sites excluding steroid dienone is 4. The molecule has 8 heteroatoms. The van der Waals surface area contributed by atoms with Gasteiger partial charge in [-0.1, -0.05) is 36.6 Å². The summed E-state index contributed by atoms with van der Waals surface area (Å²) in [5.41, 5.74) is 3.50. The maximum atomic E-state index is 14.4. The highest BCUT2D eigenvalue weighted by molar-refractivity contribution is 6.00. The summed E-state index contributed by atoms with van der Waals surface area (Å²) in [5, 5.41) is 37.8. The molecular formula is C32H44N2O6. The molecule has 0 unspecified atom stereocenters. The van der Waals surface area contributed by atoms with Crippen LogP contribution in [0.3, 0.4) is 0 Å². The minimum absolute atomic E-state index is 0.0109. The lowest BCUT2D eigenvalue weighted by Gasteiger charge is -2.21. The average Bonchev–Trinajstić information content (AvgIpc) is 2.88. The molecule has 0 spiro atoms. The van der Waals surface area contributed by atoms with Gasteiger partial charge in [0, 0.05) is 24.2 Å². The summed E-state index contributed by atoms with van der Waals surface area (Å²) in [6.07, 6.45) is 6.38. The molecule has 0 saturated heterocycles. The van der Waals surface area contributed by atoms with Gasteiger partial charge in [0.05, 0.1) is 23.6 Å². The number of phenolic OH excluding ortho intramolecular Hbond substituents is 3. The van der Waals surface area contributed by atoms with E-state index in [2.05, 4.69) is 12.2 Å². The molecule has 1 heterocycles. The zero-order valence-corrected chi connectivity index (χ0v) is 25.1. The third kappa shape index (κ3) is 6.29. The highest BCUT2D eigenvalue weighted by atomic mass is 16.5. The molecule has 0 saturated carbocycles. The Morgan fingerprint density at radius 3 is 2.02 bits per heavy atom. The third-order valence-corrected chi connectivity index (χ3v) is 6.95. The molecule has 218 valence electrons. The van der Waals surface area contributed by atoms with Crippen LogP contribution >= 0.6 is 0 Å². The standard InChI is InChI=1S/C32H44N2O6/c1-9-10-15-33-16-22-26(35)21(14-12-19(4)5)27(36)25-29(38)24-20(13-11-18(2)3)32(39-8)28(37)23(17-34(6)7)31(24)40-30(22)25/h11-12,33,35-37H,9-10,13-17H2,1-8H3.